The Morgan fingerprint density at radius 3 is 2.79 bits per heavy atom. The summed E-state index contributed by atoms with van der Waals surface area (Å²) < 4.78 is 5.62. The highest BCUT2D eigenvalue weighted by molar-refractivity contribution is 7.21. The molecule has 0 spiro atoms. The molecule has 168 valence electrons. The van der Waals surface area contributed by atoms with Gasteiger partial charge in [-0.1, -0.05) is 42.5 Å². The quantitative estimate of drug-likeness (QED) is 0.421. The predicted octanol–water partition coefficient (Wildman–Crippen LogP) is 5.09. The topological polar surface area (TPSA) is 80.5 Å². The van der Waals surface area contributed by atoms with Crippen LogP contribution in [-0.2, 0) is 19.5 Å². The van der Waals surface area contributed by atoms with Gasteiger partial charge in [-0.15, -0.1) is 11.3 Å². The number of fused-ring (bicyclic) bond motifs is 2. The number of nitrogens with one attached hydrogen (secondary N) is 1. The lowest BCUT2D eigenvalue weighted by molar-refractivity contribution is 0.103. The van der Waals surface area contributed by atoms with Crippen LogP contribution in [0.5, 0.6) is 5.75 Å². The third-order valence-corrected chi connectivity index (χ3v) is 6.95. The molecule has 6 nitrogen and oxygen atoms in total. The van der Waals surface area contributed by atoms with E-state index in [1.165, 1.54) is 22.5 Å². The molecule has 0 bridgehead atoms. The second kappa shape index (κ2) is 9.21. The molecule has 2 aromatic carbocycles. The first-order chi connectivity index (χ1) is 16.1. The Bertz CT molecular complexity index is 1300. The van der Waals surface area contributed by atoms with E-state index in [4.69, 9.17) is 15.5 Å². The standard InChI is InChI=1S/C26H26N4O2S/c1-2-32-22-11-7-6-10-21(22)28-25(31)24-23(27)19-14-18-16-30(15-17-8-4-3-5-9-17)13-12-20(18)29-26(19)33-24/h3-11,14H,2,12-13,15-16,27H2,1H3,(H,28,31). The number of carbonyl (C=O) groups excluding carboxylic acids is 1. The number of carbonyl (C=O) groups is 1. The van der Waals surface area contributed by atoms with Gasteiger partial charge in [0.25, 0.3) is 5.91 Å². The number of nitrogens with zero attached hydrogens (tertiary/aromatic N) is 2. The molecule has 5 rings (SSSR count). The van der Waals surface area contributed by atoms with Crippen molar-refractivity contribution in [3.05, 3.63) is 82.4 Å². The van der Waals surface area contributed by atoms with E-state index in [1.54, 1.807) is 0 Å². The zero-order valence-electron chi connectivity index (χ0n) is 18.5. The number of nitrogen functional groups attached to an aromatic ring is 1. The smallest absolute Gasteiger partial charge is 0.268 e. The monoisotopic (exact) mass is 458 g/mol. The maximum absolute atomic E-state index is 13.1. The second-order valence-corrected chi connectivity index (χ2v) is 9.12. The van der Waals surface area contributed by atoms with Crippen molar-refractivity contribution < 1.29 is 9.53 Å². The minimum absolute atomic E-state index is 0.244. The van der Waals surface area contributed by atoms with E-state index < -0.39 is 0 Å². The van der Waals surface area contributed by atoms with Crippen molar-refractivity contribution in [3.63, 3.8) is 0 Å². The van der Waals surface area contributed by atoms with Crippen LogP contribution in [-0.4, -0.2) is 28.9 Å². The fourth-order valence-corrected chi connectivity index (χ4v) is 5.22. The van der Waals surface area contributed by atoms with Crippen LogP contribution < -0.4 is 15.8 Å². The number of ether oxygens (including phenoxy) is 1. The van der Waals surface area contributed by atoms with E-state index >= 15 is 0 Å². The van der Waals surface area contributed by atoms with E-state index in [9.17, 15) is 4.79 Å². The second-order valence-electron chi connectivity index (χ2n) is 8.12. The number of anilines is 2. The van der Waals surface area contributed by atoms with Gasteiger partial charge < -0.3 is 15.8 Å². The summed E-state index contributed by atoms with van der Waals surface area (Å²) in [4.78, 5) is 21.7. The lowest BCUT2D eigenvalue weighted by Gasteiger charge is -2.28. The number of rotatable bonds is 6. The first kappa shape index (κ1) is 21.4. The molecule has 0 atom stereocenters. The molecule has 4 aromatic rings. The lowest BCUT2D eigenvalue weighted by atomic mass is 10.0. The normalized spacial score (nSPS) is 13.6. The van der Waals surface area contributed by atoms with E-state index in [-0.39, 0.29) is 5.91 Å². The molecule has 1 aliphatic rings. The molecule has 3 N–H and O–H groups in total. The summed E-state index contributed by atoms with van der Waals surface area (Å²) >= 11 is 1.34. The summed E-state index contributed by atoms with van der Waals surface area (Å²) in [6.45, 7) is 5.13. The first-order valence-electron chi connectivity index (χ1n) is 11.1. The van der Waals surface area contributed by atoms with Crippen LogP contribution in [0.2, 0.25) is 0 Å². The molecule has 3 heterocycles. The summed E-state index contributed by atoms with van der Waals surface area (Å²) in [5.74, 6) is 0.395. The van der Waals surface area contributed by atoms with Crippen LogP contribution >= 0.6 is 11.3 Å². The molecule has 2 aromatic heterocycles. The van der Waals surface area contributed by atoms with Crippen LogP contribution in [0.4, 0.5) is 11.4 Å². The summed E-state index contributed by atoms with van der Waals surface area (Å²) in [7, 11) is 0. The maximum Gasteiger partial charge on any atom is 0.268 e. The lowest BCUT2D eigenvalue weighted by Crippen LogP contribution is -2.30. The molecular weight excluding hydrogens is 432 g/mol. The molecule has 0 saturated carbocycles. The highest BCUT2D eigenvalue weighted by Crippen LogP contribution is 2.36. The van der Waals surface area contributed by atoms with Gasteiger partial charge in [0.05, 0.1) is 18.0 Å². The van der Waals surface area contributed by atoms with Gasteiger partial charge in [0.1, 0.15) is 15.5 Å². The number of para-hydroxylation sites is 2. The van der Waals surface area contributed by atoms with Crippen molar-refractivity contribution in [1.82, 2.24) is 9.88 Å². The number of nitrogens with two attached hydrogens (primary N) is 1. The third kappa shape index (κ3) is 4.42. The zero-order chi connectivity index (χ0) is 22.8. The summed E-state index contributed by atoms with van der Waals surface area (Å²) in [6, 6.07) is 20.0. The number of hydrogen-bond acceptors (Lipinski definition) is 6. The van der Waals surface area contributed by atoms with Gasteiger partial charge in [0.2, 0.25) is 0 Å². The third-order valence-electron chi connectivity index (χ3n) is 5.84. The molecule has 7 heteroatoms. The Hall–Kier alpha value is -3.42. The molecule has 0 fully saturated rings. The first-order valence-corrected chi connectivity index (χ1v) is 11.9. The van der Waals surface area contributed by atoms with Crippen molar-refractivity contribution in [1.29, 1.82) is 0 Å². The Morgan fingerprint density at radius 1 is 1.18 bits per heavy atom. The highest BCUT2D eigenvalue weighted by atomic mass is 32.1. The fourth-order valence-electron chi connectivity index (χ4n) is 4.23. The van der Waals surface area contributed by atoms with Crippen molar-refractivity contribution >= 4 is 38.8 Å². The van der Waals surface area contributed by atoms with E-state index in [0.717, 1.165) is 42.0 Å². The van der Waals surface area contributed by atoms with Gasteiger partial charge in [0, 0.05) is 37.1 Å². The van der Waals surface area contributed by atoms with Crippen LogP contribution in [0.25, 0.3) is 10.2 Å². The van der Waals surface area contributed by atoms with Gasteiger partial charge in [-0.25, -0.2) is 4.98 Å². The largest absolute Gasteiger partial charge is 0.492 e. The maximum atomic E-state index is 13.1. The predicted molar refractivity (Wildman–Crippen MR) is 134 cm³/mol. The van der Waals surface area contributed by atoms with E-state index in [1.807, 2.05) is 37.3 Å². The Labute approximate surface area is 197 Å². The molecule has 1 aliphatic heterocycles. The van der Waals surface area contributed by atoms with Crippen LogP contribution in [0, 0.1) is 0 Å². The number of benzene rings is 2. The highest BCUT2D eigenvalue weighted by Gasteiger charge is 2.23. The molecule has 0 aliphatic carbocycles. The number of pyridine rings is 1. The van der Waals surface area contributed by atoms with Gasteiger partial charge in [0.15, 0.2) is 0 Å². The zero-order valence-corrected chi connectivity index (χ0v) is 19.3. The van der Waals surface area contributed by atoms with Crippen molar-refractivity contribution in [3.8, 4) is 5.75 Å². The van der Waals surface area contributed by atoms with Crippen molar-refractivity contribution in [2.75, 3.05) is 24.2 Å². The SMILES string of the molecule is CCOc1ccccc1NC(=O)c1sc2nc3c(cc2c1N)CN(Cc1ccccc1)CC3. The molecule has 1 amide bonds. The Kier molecular flexibility index (Phi) is 5.98. The van der Waals surface area contributed by atoms with Crippen LogP contribution in [0.3, 0.4) is 0 Å². The van der Waals surface area contributed by atoms with Crippen molar-refractivity contribution in [2.24, 2.45) is 0 Å². The van der Waals surface area contributed by atoms with Gasteiger partial charge in [-0.2, -0.15) is 0 Å². The average Bonchev–Trinajstić information content (AvgIpc) is 3.15. The van der Waals surface area contributed by atoms with Gasteiger partial charge in [-0.05, 0) is 36.2 Å². The van der Waals surface area contributed by atoms with E-state index in [2.05, 4.69) is 40.5 Å². The molecule has 33 heavy (non-hydrogen) atoms. The minimum atomic E-state index is -0.244. The number of aromatic nitrogens is 1. The summed E-state index contributed by atoms with van der Waals surface area (Å²) in [5, 5.41) is 3.80. The Morgan fingerprint density at radius 2 is 1.97 bits per heavy atom. The van der Waals surface area contributed by atoms with E-state index in [0.29, 0.717) is 28.6 Å². The molecular formula is C26H26N4O2S. The van der Waals surface area contributed by atoms with Crippen LogP contribution in [0.1, 0.15) is 33.4 Å². The Balaban J connectivity index is 1.39. The van der Waals surface area contributed by atoms with Gasteiger partial charge in [-0.3, -0.25) is 9.69 Å². The average molecular weight is 459 g/mol. The number of thiophene rings is 1. The van der Waals surface area contributed by atoms with Gasteiger partial charge >= 0.3 is 0 Å². The fraction of sp³-hybridized carbons (Fsp3) is 0.231. The summed E-state index contributed by atoms with van der Waals surface area (Å²) in [5.41, 5.74) is 11.1. The number of amides is 1. The number of hydrogen-bond donors (Lipinski definition) is 2. The summed E-state index contributed by atoms with van der Waals surface area (Å²) in [6.07, 6.45) is 0.888. The minimum Gasteiger partial charge on any atom is -0.492 e. The molecule has 0 unspecified atom stereocenters. The van der Waals surface area contributed by atoms with Crippen molar-refractivity contribution in [2.45, 2.75) is 26.4 Å². The van der Waals surface area contributed by atoms with Crippen LogP contribution in [0.15, 0.2) is 60.7 Å². The molecule has 0 saturated heterocycles. The molecule has 0 radical (unpaired) electrons.